The van der Waals surface area contributed by atoms with E-state index in [-0.39, 0.29) is 11.6 Å². The Bertz CT molecular complexity index is 720. The molecule has 0 heterocycles. The first kappa shape index (κ1) is 16.6. The van der Waals surface area contributed by atoms with E-state index in [0.29, 0.717) is 15.7 Å². The number of hydrogen-bond donors (Lipinski definition) is 2. The molecular weight excluding hydrogens is 347 g/mol. The van der Waals surface area contributed by atoms with Crippen molar-refractivity contribution in [2.24, 2.45) is 0 Å². The lowest BCUT2D eigenvalue weighted by Gasteiger charge is -2.08. The SMILES string of the molecule is O=C(NCc1ccccc1Cl)C(=O)Nc1ccc(Cl)c(Cl)c1. The van der Waals surface area contributed by atoms with Crippen LogP contribution in [0.3, 0.4) is 0 Å². The number of nitrogens with one attached hydrogen (secondary N) is 2. The Morgan fingerprint density at radius 2 is 1.59 bits per heavy atom. The summed E-state index contributed by atoms with van der Waals surface area (Å²) < 4.78 is 0. The number of anilines is 1. The molecule has 0 saturated carbocycles. The molecule has 2 amide bonds. The van der Waals surface area contributed by atoms with Crippen LogP contribution < -0.4 is 10.6 Å². The van der Waals surface area contributed by atoms with E-state index in [0.717, 1.165) is 5.56 Å². The summed E-state index contributed by atoms with van der Waals surface area (Å²) in [6, 6.07) is 11.6. The van der Waals surface area contributed by atoms with Crippen molar-refractivity contribution in [1.29, 1.82) is 0 Å². The minimum atomic E-state index is -0.801. The topological polar surface area (TPSA) is 58.2 Å². The predicted molar refractivity (Wildman–Crippen MR) is 88.4 cm³/mol. The van der Waals surface area contributed by atoms with Gasteiger partial charge in [-0.05, 0) is 29.8 Å². The van der Waals surface area contributed by atoms with Gasteiger partial charge in [0.15, 0.2) is 0 Å². The number of carbonyl (C=O) groups excluding carboxylic acids is 2. The van der Waals surface area contributed by atoms with E-state index in [4.69, 9.17) is 34.8 Å². The van der Waals surface area contributed by atoms with Crippen LogP contribution in [0.15, 0.2) is 42.5 Å². The summed E-state index contributed by atoms with van der Waals surface area (Å²) in [5, 5.41) is 6.10. The van der Waals surface area contributed by atoms with Gasteiger partial charge in [0.05, 0.1) is 10.0 Å². The normalized spacial score (nSPS) is 10.1. The first-order valence-corrected chi connectivity index (χ1v) is 7.38. The van der Waals surface area contributed by atoms with Gasteiger partial charge in [-0.1, -0.05) is 53.0 Å². The Balaban J connectivity index is 1.93. The molecule has 0 aromatic heterocycles. The average Bonchev–Trinajstić information content (AvgIpc) is 2.50. The summed E-state index contributed by atoms with van der Waals surface area (Å²) in [6.45, 7) is 0.160. The van der Waals surface area contributed by atoms with Crippen LogP contribution in [0.2, 0.25) is 15.1 Å². The van der Waals surface area contributed by atoms with Gasteiger partial charge in [-0.3, -0.25) is 9.59 Å². The van der Waals surface area contributed by atoms with Crippen LogP contribution in [0, 0.1) is 0 Å². The molecule has 0 unspecified atom stereocenters. The third kappa shape index (κ3) is 4.37. The van der Waals surface area contributed by atoms with Gasteiger partial charge in [0, 0.05) is 17.3 Å². The van der Waals surface area contributed by atoms with Gasteiger partial charge in [-0.15, -0.1) is 0 Å². The molecule has 0 aliphatic heterocycles. The van der Waals surface area contributed by atoms with Crippen LogP contribution in [-0.2, 0) is 16.1 Å². The van der Waals surface area contributed by atoms with Gasteiger partial charge in [-0.2, -0.15) is 0 Å². The third-order valence-corrected chi connectivity index (χ3v) is 3.89. The third-order valence-electron chi connectivity index (χ3n) is 2.78. The van der Waals surface area contributed by atoms with Crippen LogP contribution in [0.4, 0.5) is 5.69 Å². The molecule has 2 N–H and O–H groups in total. The van der Waals surface area contributed by atoms with Crippen molar-refractivity contribution >= 4 is 52.3 Å². The minimum absolute atomic E-state index is 0.160. The number of benzene rings is 2. The van der Waals surface area contributed by atoms with E-state index in [1.54, 1.807) is 30.3 Å². The molecule has 7 heteroatoms. The maximum absolute atomic E-state index is 11.8. The largest absolute Gasteiger partial charge is 0.344 e. The zero-order valence-electron chi connectivity index (χ0n) is 11.2. The molecule has 4 nitrogen and oxygen atoms in total. The first-order valence-electron chi connectivity index (χ1n) is 6.25. The molecule has 2 aromatic carbocycles. The Kier molecular flexibility index (Phi) is 5.66. The van der Waals surface area contributed by atoms with Gasteiger partial charge in [-0.25, -0.2) is 0 Å². The number of hydrogen-bond acceptors (Lipinski definition) is 2. The molecule has 0 fully saturated rings. The van der Waals surface area contributed by atoms with Crippen LogP contribution >= 0.6 is 34.8 Å². The number of rotatable bonds is 3. The van der Waals surface area contributed by atoms with Crippen molar-refractivity contribution < 1.29 is 9.59 Å². The Morgan fingerprint density at radius 1 is 0.864 bits per heavy atom. The second-order valence-corrected chi connectivity index (χ2v) is 5.58. The van der Waals surface area contributed by atoms with E-state index >= 15 is 0 Å². The van der Waals surface area contributed by atoms with Crippen LogP contribution in [0.5, 0.6) is 0 Å². The van der Waals surface area contributed by atoms with Gasteiger partial charge >= 0.3 is 11.8 Å². The van der Waals surface area contributed by atoms with E-state index in [1.165, 1.54) is 12.1 Å². The summed E-state index contributed by atoms with van der Waals surface area (Å²) in [5.74, 6) is -1.57. The molecule has 2 rings (SSSR count). The fourth-order valence-electron chi connectivity index (χ4n) is 1.66. The Hall–Kier alpha value is -1.75. The molecule has 0 radical (unpaired) electrons. The molecule has 2 aromatic rings. The van der Waals surface area contributed by atoms with Crippen molar-refractivity contribution in [2.45, 2.75) is 6.54 Å². The average molecular weight is 358 g/mol. The van der Waals surface area contributed by atoms with Crippen LogP contribution in [-0.4, -0.2) is 11.8 Å². The lowest BCUT2D eigenvalue weighted by molar-refractivity contribution is -0.136. The van der Waals surface area contributed by atoms with E-state index in [1.807, 2.05) is 0 Å². The maximum Gasteiger partial charge on any atom is 0.313 e. The molecule has 22 heavy (non-hydrogen) atoms. The number of amides is 2. The van der Waals surface area contributed by atoms with E-state index in [2.05, 4.69) is 10.6 Å². The van der Waals surface area contributed by atoms with Crippen molar-refractivity contribution in [3.8, 4) is 0 Å². The summed E-state index contributed by atoms with van der Waals surface area (Å²) in [4.78, 5) is 23.5. The highest BCUT2D eigenvalue weighted by Gasteiger charge is 2.14. The highest BCUT2D eigenvalue weighted by Crippen LogP contribution is 2.24. The van der Waals surface area contributed by atoms with Crippen molar-refractivity contribution in [2.75, 3.05) is 5.32 Å². The summed E-state index contributed by atoms with van der Waals surface area (Å²) in [5.41, 5.74) is 1.10. The number of halogens is 3. The molecule has 114 valence electrons. The van der Waals surface area contributed by atoms with E-state index in [9.17, 15) is 9.59 Å². The van der Waals surface area contributed by atoms with Crippen molar-refractivity contribution in [3.05, 3.63) is 63.1 Å². The summed E-state index contributed by atoms with van der Waals surface area (Å²) >= 11 is 17.6. The zero-order valence-corrected chi connectivity index (χ0v) is 13.5. The zero-order chi connectivity index (χ0) is 16.1. The Morgan fingerprint density at radius 3 is 2.27 bits per heavy atom. The van der Waals surface area contributed by atoms with Crippen molar-refractivity contribution in [3.63, 3.8) is 0 Å². The first-order chi connectivity index (χ1) is 10.5. The predicted octanol–water partition coefficient (Wildman–Crippen LogP) is 3.90. The second-order valence-electron chi connectivity index (χ2n) is 4.36. The fourth-order valence-corrected chi connectivity index (χ4v) is 2.16. The quantitative estimate of drug-likeness (QED) is 0.819. The summed E-state index contributed by atoms with van der Waals surface area (Å²) in [7, 11) is 0. The van der Waals surface area contributed by atoms with Crippen LogP contribution in [0.25, 0.3) is 0 Å². The molecule has 0 spiro atoms. The van der Waals surface area contributed by atoms with Gasteiger partial charge < -0.3 is 10.6 Å². The Labute approximate surface area is 142 Å². The lowest BCUT2D eigenvalue weighted by Crippen LogP contribution is -2.35. The number of carbonyl (C=O) groups is 2. The second kappa shape index (κ2) is 7.49. The standard InChI is InChI=1S/C15H11Cl3N2O2/c16-11-4-2-1-3-9(11)8-19-14(21)15(22)20-10-5-6-12(17)13(18)7-10/h1-7H,8H2,(H,19,21)(H,20,22). The molecule has 0 aliphatic carbocycles. The smallest absolute Gasteiger partial charge is 0.313 e. The highest BCUT2D eigenvalue weighted by molar-refractivity contribution is 6.43. The molecule has 0 aliphatic rings. The molecule has 0 saturated heterocycles. The molecule has 0 atom stereocenters. The van der Waals surface area contributed by atoms with Gasteiger partial charge in [0.1, 0.15) is 0 Å². The van der Waals surface area contributed by atoms with Gasteiger partial charge in [0.2, 0.25) is 0 Å². The van der Waals surface area contributed by atoms with Crippen molar-refractivity contribution in [1.82, 2.24) is 5.32 Å². The minimum Gasteiger partial charge on any atom is -0.344 e. The van der Waals surface area contributed by atoms with E-state index < -0.39 is 11.8 Å². The monoisotopic (exact) mass is 356 g/mol. The molecular formula is C15H11Cl3N2O2. The highest BCUT2D eigenvalue weighted by atomic mass is 35.5. The lowest BCUT2D eigenvalue weighted by atomic mass is 10.2. The molecule has 0 bridgehead atoms. The van der Waals surface area contributed by atoms with Gasteiger partial charge in [0.25, 0.3) is 0 Å². The summed E-state index contributed by atoms with van der Waals surface area (Å²) in [6.07, 6.45) is 0. The van der Waals surface area contributed by atoms with Crippen LogP contribution in [0.1, 0.15) is 5.56 Å². The maximum atomic E-state index is 11.8. The fraction of sp³-hybridized carbons (Fsp3) is 0.0667.